The lowest BCUT2D eigenvalue weighted by atomic mass is 9.73. The van der Waals surface area contributed by atoms with Gasteiger partial charge in [0.25, 0.3) is 0 Å². The van der Waals surface area contributed by atoms with Gasteiger partial charge in [-0.1, -0.05) is 12.2 Å². The first-order valence-electron chi connectivity index (χ1n) is 7.05. The van der Waals surface area contributed by atoms with Crippen LogP contribution in [-0.2, 0) is 14.3 Å². The number of ketones is 2. The molecule has 3 fully saturated rings. The maximum atomic E-state index is 12.4. The van der Waals surface area contributed by atoms with Crippen LogP contribution in [0.5, 0.6) is 0 Å². The second-order valence-electron chi connectivity index (χ2n) is 6.76. The van der Waals surface area contributed by atoms with Gasteiger partial charge in [-0.25, -0.2) is 0 Å². The number of allylic oxidation sites excluding steroid dienone is 1. The molecule has 0 N–H and O–H groups in total. The largest absolute Gasteiger partial charge is 0.353 e. The summed E-state index contributed by atoms with van der Waals surface area (Å²) < 4.78 is 5.98. The molecule has 0 amide bonds. The minimum atomic E-state index is -0.651. The normalized spacial score (nSPS) is 51.4. The summed E-state index contributed by atoms with van der Waals surface area (Å²) in [6, 6.07) is 0. The summed E-state index contributed by atoms with van der Waals surface area (Å²) in [7, 11) is 0. The maximum absolute atomic E-state index is 12.4. The van der Waals surface area contributed by atoms with Crippen molar-refractivity contribution in [2.45, 2.75) is 44.3 Å². The van der Waals surface area contributed by atoms with Crippen LogP contribution in [0.2, 0.25) is 0 Å². The van der Waals surface area contributed by atoms with E-state index in [2.05, 4.69) is 13.5 Å². The molecule has 3 aliphatic carbocycles. The topological polar surface area (TPSA) is 46.7 Å². The highest BCUT2D eigenvalue weighted by Gasteiger charge is 2.78. The Morgan fingerprint density at radius 3 is 2.89 bits per heavy atom. The van der Waals surface area contributed by atoms with Gasteiger partial charge in [-0.05, 0) is 50.2 Å². The molecule has 0 aromatic heterocycles. The Kier molecular flexibility index (Phi) is 1.88. The molecule has 2 saturated carbocycles. The fourth-order valence-corrected chi connectivity index (χ4v) is 4.91. The maximum Gasteiger partial charge on any atom is 0.191 e. The number of carbonyl (C=O) groups excluding carboxylic acids is 2. The second-order valence-corrected chi connectivity index (χ2v) is 6.76. The Balaban J connectivity index is 1.85. The van der Waals surface area contributed by atoms with Crippen LogP contribution in [0, 0.1) is 17.8 Å². The molecule has 3 nitrogen and oxygen atoms in total. The van der Waals surface area contributed by atoms with Crippen molar-refractivity contribution in [3.05, 3.63) is 23.8 Å². The van der Waals surface area contributed by atoms with Gasteiger partial charge >= 0.3 is 0 Å². The summed E-state index contributed by atoms with van der Waals surface area (Å²) in [4.78, 5) is 24.4. The van der Waals surface area contributed by atoms with Gasteiger partial charge in [0.2, 0.25) is 0 Å². The molecule has 0 aromatic carbocycles. The SMILES string of the molecule is C=C1C(=O)CC2C1CCC1(C)OC13C(=O)C=C(C)C23. The fourth-order valence-electron chi connectivity index (χ4n) is 4.91. The smallest absolute Gasteiger partial charge is 0.191 e. The Morgan fingerprint density at radius 1 is 1.42 bits per heavy atom. The monoisotopic (exact) mass is 258 g/mol. The van der Waals surface area contributed by atoms with Crippen LogP contribution < -0.4 is 0 Å². The van der Waals surface area contributed by atoms with Crippen LogP contribution in [-0.4, -0.2) is 22.8 Å². The minimum absolute atomic E-state index is 0.0840. The highest BCUT2D eigenvalue weighted by molar-refractivity contribution is 6.05. The lowest BCUT2D eigenvalue weighted by Crippen LogP contribution is -2.38. The number of rotatable bonds is 0. The predicted molar refractivity (Wildman–Crippen MR) is 69.5 cm³/mol. The van der Waals surface area contributed by atoms with Gasteiger partial charge in [0.1, 0.15) is 5.60 Å². The van der Waals surface area contributed by atoms with Gasteiger partial charge in [0, 0.05) is 12.3 Å². The van der Waals surface area contributed by atoms with Crippen molar-refractivity contribution < 1.29 is 14.3 Å². The molecule has 1 aliphatic heterocycles. The van der Waals surface area contributed by atoms with E-state index < -0.39 is 5.60 Å². The zero-order valence-corrected chi connectivity index (χ0v) is 11.4. The summed E-state index contributed by atoms with van der Waals surface area (Å²) in [5.41, 5.74) is 0.892. The third-order valence-electron chi connectivity index (χ3n) is 5.89. The first-order valence-corrected chi connectivity index (χ1v) is 7.05. The van der Waals surface area contributed by atoms with Gasteiger partial charge in [-0.3, -0.25) is 9.59 Å². The van der Waals surface area contributed by atoms with Crippen LogP contribution in [0.15, 0.2) is 23.8 Å². The first kappa shape index (κ1) is 11.6. The molecule has 5 unspecified atom stereocenters. The van der Waals surface area contributed by atoms with Crippen LogP contribution in [0.25, 0.3) is 0 Å². The number of fused-ring (bicyclic) bond motifs is 2. The molecule has 0 bridgehead atoms. The summed E-state index contributed by atoms with van der Waals surface area (Å²) in [5, 5.41) is 0. The zero-order valence-electron chi connectivity index (χ0n) is 11.4. The highest BCUT2D eigenvalue weighted by Crippen LogP contribution is 2.67. The molecule has 100 valence electrons. The number of ether oxygens (including phenoxy) is 1. The van der Waals surface area contributed by atoms with E-state index in [0.717, 1.165) is 24.0 Å². The standard InChI is InChI=1S/C16H18O3/c1-8-6-13(18)16-14(8)11-7-12(17)9(2)10(11)4-5-15(16,3)19-16/h6,10-11,14H,2,4-5,7H2,1,3H3. The van der Waals surface area contributed by atoms with Crippen molar-refractivity contribution in [2.24, 2.45) is 17.8 Å². The van der Waals surface area contributed by atoms with E-state index in [-0.39, 0.29) is 34.9 Å². The van der Waals surface area contributed by atoms with Crippen molar-refractivity contribution >= 4 is 11.6 Å². The van der Waals surface area contributed by atoms with Gasteiger partial charge in [0.05, 0.1) is 0 Å². The first-order chi connectivity index (χ1) is 8.91. The van der Waals surface area contributed by atoms with E-state index in [9.17, 15) is 9.59 Å². The van der Waals surface area contributed by atoms with E-state index in [1.54, 1.807) is 6.08 Å². The summed E-state index contributed by atoms with van der Waals surface area (Å²) >= 11 is 0. The zero-order chi connectivity index (χ0) is 13.6. The summed E-state index contributed by atoms with van der Waals surface area (Å²) in [6.45, 7) is 8.04. The number of hydrogen-bond acceptors (Lipinski definition) is 3. The van der Waals surface area contributed by atoms with E-state index >= 15 is 0 Å². The Morgan fingerprint density at radius 2 is 2.16 bits per heavy atom. The Bertz CT molecular complexity index is 573. The number of Topliss-reactive ketones (excluding diaryl/α,β-unsaturated/α-hetero) is 1. The summed E-state index contributed by atoms with van der Waals surface area (Å²) in [6.07, 6.45) is 4.05. The van der Waals surface area contributed by atoms with Crippen LogP contribution in [0.3, 0.4) is 0 Å². The third-order valence-corrected chi connectivity index (χ3v) is 5.89. The highest BCUT2D eigenvalue weighted by atomic mass is 16.6. The molecular weight excluding hydrogens is 240 g/mol. The van der Waals surface area contributed by atoms with Crippen molar-refractivity contribution in [1.29, 1.82) is 0 Å². The molecule has 3 heteroatoms. The molecule has 0 radical (unpaired) electrons. The Labute approximate surface area is 112 Å². The lowest BCUT2D eigenvalue weighted by molar-refractivity contribution is -0.121. The van der Waals surface area contributed by atoms with Gasteiger partial charge in [-0.2, -0.15) is 0 Å². The van der Waals surface area contributed by atoms with Crippen LogP contribution >= 0.6 is 0 Å². The average Bonchev–Trinajstić information content (AvgIpc) is 2.77. The molecule has 19 heavy (non-hydrogen) atoms. The fraction of sp³-hybridized carbons (Fsp3) is 0.625. The number of hydrogen-bond donors (Lipinski definition) is 0. The molecular formula is C16H18O3. The molecule has 1 saturated heterocycles. The average molecular weight is 258 g/mol. The van der Waals surface area contributed by atoms with E-state index in [0.29, 0.717) is 6.42 Å². The molecule has 5 atom stereocenters. The van der Waals surface area contributed by atoms with Gasteiger partial charge in [0.15, 0.2) is 17.2 Å². The third kappa shape index (κ3) is 1.10. The van der Waals surface area contributed by atoms with Gasteiger partial charge < -0.3 is 4.74 Å². The van der Waals surface area contributed by atoms with Crippen molar-refractivity contribution in [3.63, 3.8) is 0 Å². The molecule has 1 heterocycles. The van der Waals surface area contributed by atoms with E-state index in [1.807, 2.05) is 6.92 Å². The van der Waals surface area contributed by atoms with Crippen molar-refractivity contribution in [3.8, 4) is 0 Å². The predicted octanol–water partition coefficient (Wildman–Crippen LogP) is 2.21. The Hall–Kier alpha value is -1.22. The lowest BCUT2D eigenvalue weighted by Gasteiger charge is -2.27. The van der Waals surface area contributed by atoms with Crippen LogP contribution in [0.4, 0.5) is 0 Å². The molecule has 4 aliphatic rings. The van der Waals surface area contributed by atoms with Crippen molar-refractivity contribution in [1.82, 2.24) is 0 Å². The van der Waals surface area contributed by atoms with Gasteiger partial charge in [-0.15, -0.1) is 0 Å². The number of carbonyl (C=O) groups is 2. The quantitative estimate of drug-likeness (QED) is 0.494. The van der Waals surface area contributed by atoms with E-state index in [1.165, 1.54) is 0 Å². The van der Waals surface area contributed by atoms with Crippen molar-refractivity contribution in [2.75, 3.05) is 0 Å². The van der Waals surface area contributed by atoms with Crippen LogP contribution in [0.1, 0.15) is 33.1 Å². The molecule has 4 rings (SSSR count). The molecule has 0 aromatic rings. The molecule has 1 spiro atoms. The summed E-state index contributed by atoms with van der Waals surface area (Å²) in [5.74, 6) is 0.842. The number of epoxide rings is 1. The minimum Gasteiger partial charge on any atom is -0.353 e. The van der Waals surface area contributed by atoms with E-state index in [4.69, 9.17) is 4.74 Å². The second kappa shape index (κ2) is 3.09.